The van der Waals surface area contributed by atoms with Crippen molar-refractivity contribution in [3.05, 3.63) is 0 Å². The lowest BCUT2D eigenvalue weighted by molar-refractivity contribution is 0.0511. The van der Waals surface area contributed by atoms with Gasteiger partial charge < -0.3 is 10.1 Å². The highest BCUT2D eigenvalue weighted by Gasteiger charge is 2.37. The summed E-state index contributed by atoms with van der Waals surface area (Å²) in [5.74, 6) is 0. The Morgan fingerprint density at radius 2 is 1.71 bits per heavy atom. The highest BCUT2D eigenvalue weighted by Crippen LogP contribution is 2.24. The Bertz CT molecular complexity index is 524. The van der Waals surface area contributed by atoms with Gasteiger partial charge in [-0.05, 0) is 46.5 Å². The first-order chi connectivity index (χ1) is 11.2. The standard InChI is InChI=1S/C16H31N3O4S/c1-16(2,3)23-15(20)17-13-14-9-5-8-12-19(14)24(21,22)18-10-6-4-7-11-18/h14H,4-13H2,1-3H3,(H,17,20). The lowest BCUT2D eigenvalue weighted by atomic mass is 10.1. The van der Waals surface area contributed by atoms with Gasteiger partial charge in [-0.15, -0.1) is 0 Å². The van der Waals surface area contributed by atoms with Crippen LogP contribution in [0.2, 0.25) is 0 Å². The zero-order valence-corrected chi connectivity index (χ0v) is 15.9. The van der Waals surface area contributed by atoms with E-state index in [1.54, 1.807) is 29.4 Å². The van der Waals surface area contributed by atoms with E-state index in [2.05, 4.69) is 5.32 Å². The van der Waals surface area contributed by atoms with E-state index in [1.807, 2.05) is 0 Å². The van der Waals surface area contributed by atoms with Crippen LogP contribution < -0.4 is 5.32 Å². The van der Waals surface area contributed by atoms with Gasteiger partial charge in [-0.3, -0.25) is 0 Å². The van der Waals surface area contributed by atoms with Crippen LogP contribution in [0.1, 0.15) is 59.3 Å². The van der Waals surface area contributed by atoms with Crippen molar-refractivity contribution in [1.82, 2.24) is 13.9 Å². The molecule has 140 valence electrons. The molecule has 2 fully saturated rings. The topological polar surface area (TPSA) is 79.0 Å². The van der Waals surface area contributed by atoms with Crippen molar-refractivity contribution < 1.29 is 17.9 Å². The zero-order chi connectivity index (χ0) is 17.8. The number of carbonyl (C=O) groups excluding carboxylic acids is 1. The van der Waals surface area contributed by atoms with Gasteiger partial charge in [0.25, 0.3) is 10.2 Å². The minimum absolute atomic E-state index is 0.196. The number of hydrogen-bond donors (Lipinski definition) is 1. The molecule has 1 amide bonds. The third-order valence-electron chi connectivity index (χ3n) is 4.39. The second-order valence-corrected chi connectivity index (χ2v) is 9.49. The van der Waals surface area contributed by atoms with Crippen LogP contribution in [0.3, 0.4) is 0 Å². The number of ether oxygens (including phenoxy) is 1. The third-order valence-corrected chi connectivity index (χ3v) is 6.48. The molecule has 8 heteroatoms. The number of rotatable bonds is 4. The normalized spacial score (nSPS) is 24.5. The molecule has 2 heterocycles. The Labute approximate surface area is 145 Å². The van der Waals surface area contributed by atoms with Crippen LogP contribution >= 0.6 is 0 Å². The lowest BCUT2D eigenvalue weighted by Gasteiger charge is -2.39. The molecule has 0 radical (unpaired) electrons. The zero-order valence-electron chi connectivity index (χ0n) is 15.1. The smallest absolute Gasteiger partial charge is 0.407 e. The van der Waals surface area contributed by atoms with Crippen molar-refractivity contribution >= 4 is 16.3 Å². The first kappa shape index (κ1) is 19.5. The molecule has 2 rings (SSSR count). The van der Waals surface area contributed by atoms with Crippen molar-refractivity contribution in [1.29, 1.82) is 0 Å². The van der Waals surface area contributed by atoms with E-state index in [4.69, 9.17) is 4.74 Å². The van der Waals surface area contributed by atoms with Crippen molar-refractivity contribution in [2.75, 3.05) is 26.2 Å². The molecular weight excluding hydrogens is 330 g/mol. The largest absolute Gasteiger partial charge is 0.444 e. The summed E-state index contributed by atoms with van der Waals surface area (Å²) in [7, 11) is -3.44. The number of alkyl carbamates (subject to hydrolysis) is 1. The van der Waals surface area contributed by atoms with Crippen LogP contribution in [0.15, 0.2) is 0 Å². The molecule has 0 aromatic carbocycles. The highest BCUT2D eigenvalue weighted by atomic mass is 32.2. The van der Waals surface area contributed by atoms with Gasteiger partial charge in [-0.25, -0.2) is 4.79 Å². The van der Waals surface area contributed by atoms with Crippen molar-refractivity contribution in [2.45, 2.75) is 70.9 Å². The Balaban J connectivity index is 1.98. The predicted molar refractivity (Wildman–Crippen MR) is 92.9 cm³/mol. The summed E-state index contributed by atoms with van der Waals surface area (Å²) < 4.78 is 34.3. The fourth-order valence-electron chi connectivity index (χ4n) is 3.24. The van der Waals surface area contributed by atoms with Gasteiger partial charge in [0.05, 0.1) is 0 Å². The summed E-state index contributed by atoms with van der Waals surface area (Å²) in [6.45, 7) is 7.44. The fourth-order valence-corrected chi connectivity index (χ4v) is 5.17. The molecule has 1 atom stereocenters. The van der Waals surface area contributed by atoms with Crippen LogP contribution in [-0.2, 0) is 14.9 Å². The number of carbonyl (C=O) groups is 1. The highest BCUT2D eigenvalue weighted by molar-refractivity contribution is 7.86. The summed E-state index contributed by atoms with van der Waals surface area (Å²) in [6.07, 6.45) is 5.06. The summed E-state index contributed by atoms with van der Waals surface area (Å²) in [6, 6.07) is -0.196. The molecule has 24 heavy (non-hydrogen) atoms. The first-order valence-electron chi connectivity index (χ1n) is 8.94. The maximum Gasteiger partial charge on any atom is 0.407 e. The van der Waals surface area contributed by atoms with E-state index in [-0.39, 0.29) is 6.04 Å². The van der Waals surface area contributed by atoms with E-state index in [0.29, 0.717) is 26.2 Å². The summed E-state index contributed by atoms with van der Waals surface area (Å²) in [5, 5.41) is 2.73. The van der Waals surface area contributed by atoms with Crippen molar-refractivity contribution in [3.63, 3.8) is 0 Å². The van der Waals surface area contributed by atoms with Gasteiger partial charge >= 0.3 is 6.09 Å². The first-order valence-corrected chi connectivity index (χ1v) is 10.3. The average molecular weight is 362 g/mol. The van der Waals surface area contributed by atoms with Gasteiger partial charge in [-0.2, -0.15) is 17.0 Å². The quantitative estimate of drug-likeness (QED) is 0.832. The Hall–Kier alpha value is -0.860. The molecular formula is C16H31N3O4S. The molecule has 1 N–H and O–H groups in total. The van der Waals surface area contributed by atoms with Crippen LogP contribution in [0.25, 0.3) is 0 Å². The lowest BCUT2D eigenvalue weighted by Crippen LogP contribution is -2.55. The van der Waals surface area contributed by atoms with E-state index in [0.717, 1.165) is 38.5 Å². The van der Waals surface area contributed by atoms with Crippen molar-refractivity contribution in [3.8, 4) is 0 Å². The van der Waals surface area contributed by atoms with Gasteiger partial charge in [0.2, 0.25) is 0 Å². The van der Waals surface area contributed by atoms with Gasteiger partial charge in [0.1, 0.15) is 5.60 Å². The van der Waals surface area contributed by atoms with Crippen LogP contribution in [0.4, 0.5) is 4.79 Å². The van der Waals surface area contributed by atoms with E-state index in [1.165, 1.54) is 0 Å². The fraction of sp³-hybridized carbons (Fsp3) is 0.938. The van der Waals surface area contributed by atoms with Crippen LogP contribution in [0, 0.1) is 0 Å². The maximum atomic E-state index is 12.9. The molecule has 0 aromatic heterocycles. The molecule has 0 bridgehead atoms. The number of hydrogen-bond acceptors (Lipinski definition) is 4. The number of nitrogens with one attached hydrogen (secondary N) is 1. The summed E-state index contributed by atoms with van der Waals surface area (Å²) in [4.78, 5) is 11.8. The molecule has 2 aliphatic rings. The Morgan fingerprint density at radius 1 is 1.08 bits per heavy atom. The molecule has 0 aliphatic carbocycles. The molecule has 0 spiro atoms. The summed E-state index contributed by atoms with van der Waals surface area (Å²) >= 11 is 0. The predicted octanol–water partition coefficient (Wildman–Crippen LogP) is 2.10. The average Bonchev–Trinajstić information content (AvgIpc) is 2.52. The van der Waals surface area contributed by atoms with Crippen LogP contribution in [-0.4, -0.2) is 60.9 Å². The molecule has 2 saturated heterocycles. The van der Waals surface area contributed by atoms with E-state index >= 15 is 0 Å². The number of piperidine rings is 2. The minimum Gasteiger partial charge on any atom is -0.444 e. The number of nitrogens with zero attached hydrogens (tertiary/aromatic N) is 2. The van der Waals surface area contributed by atoms with Gasteiger partial charge in [-0.1, -0.05) is 12.8 Å². The Kier molecular flexibility index (Phi) is 6.50. The number of amides is 1. The molecule has 0 aromatic rings. The minimum atomic E-state index is -3.44. The monoisotopic (exact) mass is 361 g/mol. The second-order valence-electron chi connectivity index (χ2n) is 7.61. The summed E-state index contributed by atoms with van der Waals surface area (Å²) in [5.41, 5.74) is -0.559. The molecule has 0 saturated carbocycles. The van der Waals surface area contributed by atoms with Gasteiger partial charge in [0.15, 0.2) is 0 Å². The van der Waals surface area contributed by atoms with Gasteiger partial charge in [0, 0.05) is 32.2 Å². The van der Waals surface area contributed by atoms with Crippen LogP contribution in [0.5, 0.6) is 0 Å². The maximum absolute atomic E-state index is 12.9. The molecule has 1 unspecified atom stereocenters. The molecule has 7 nitrogen and oxygen atoms in total. The SMILES string of the molecule is CC(C)(C)OC(=O)NCC1CCCCN1S(=O)(=O)N1CCCCC1. The third kappa shape index (κ3) is 5.32. The Morgan fingerprint density at radius 3 is 2.33 bits per heavy atom. The van der Waals surface area contributed by atoms with E-state index < -0.39 is 21.9 Å². The van der Waals surface area contributed by atoms with E-state index in [9.17, 15) is 13.2 Å². The van der Waals surface area contributed by atoms with Crippen molar-refractivity contribution in [2.24, 2.45) is 0 Å². The molecule has 2 aliphatic heterocycles. The second kappa shape index (κ2) is 8.01.